The number of nitrogens with zero attached hydrogens (tertiary/aromatic N) is 2. The van der Waals surface area contributed by atoms with E-state index in [1.165, 1.54) is 5.56 Å². The van der Waals surface area contributed by atoms with Gasteiger partial charge in [-0.15, -0.1) is 5.92 Å². The van der Waals surface area contributed by atoms with Crippen LogP contribution in [0.3, 0.4) is 0 Å². The van der Waals surface area contributed by atoms with E-state index in [2.05, 4.69) is 46.9 Å². The Kier molecular flexibility index (Phi) is 6.52. The van der Waals surface area contributed by atoms with Crippen molar-refractivity contribution in [3.63, 3.8) is 0 Å². The van der Waals surface area contributed by atoms with E-state index in [-0.39, 0.29) is 12.3 Å². The highest BCUT2D eigenvalue weighted by Gasteiger charge is 2.13. The van der Waals surface area contributed by atoms with Gasteiger partial charge in [-0.05, 0) is 48.4 Å². The lowest BCUT2D eigenvalue weighted by atomic mass is 9.96. The van der Waals surface area contributed by atoms with Crippen molar-refractivity contribution < 1.29 is 14.6 Å². The standard InChI is InChI=1S/C27H24N2O3/c1-2-6-23(17-26(30)31)21-10-13-25(14-11-21)32-19-24-12-9-22-15-16-29(27(22)28-24)18-20-7-4-3-5-8-20/h3-5,7-16,23H,17-19H2,1H3,(H,30,31)/t23-/m0/s1. The molecule has 160 valence electrons. The van der Waals surface area contributed by atoms with Crippen molar-refractivity contribution in [2.75, 3.05) is 0 Å². The first-order chi connectivity index (χ1) is 15.6. The van der Waals surface area contributed by atoms with Crippen LogP contribution in [0, 0.1) is 11.8 Å². The van der Waals surface area contributed by atoms with Gasteiger partial charge in [0.2, 0.25) is 0 Å². The van der Waals surface area contributed by atoms with Crippen molar-refractivity contribution in [3.8, 4) is 17.6 Å². The van der Waals surface area contributed by atoms with Crippen LogP contribution < -0.4 is 4.74 Å². The number of rotatable bonds is 8. The number of fused-ring (bicyclic) bond motifs is 1. The number of carbonyl (C=O) groups is 1. The number of hydrogen-bond acceptors (Lipinski definition) is 3. The molecule has 32 heavy (non-hydrogen) atoms. The van der Waals surface area contributed by atoms with Gasteiger partial charge in [0.1, 0.15) is 18.0 Å². The second-order valence-corrected chi connectivity index (χ2v) is 7.55. The Hall–Kier alpha value is -4.04. The van der Waals surface area contributed by atoms with Gasteiger partial charge in [-0.2, -0.15) is 0 Å². The lowest BCUT2D eigenvalue weighted by Crippen LogP contribution is -2.05. The van der Waals surface area contributed by atoms with E-state index in [0.717, 1.165) is 28.8 Å². The van der Waals surface area contributed by atoms with E-state index in [0.29, 0.717) is 12.4 Å². The highest BCUT2D eigenvalue weighted by molar-refractivity contribution is 5.76. The van der Waals surface area contributed by atoms with E-state index in [1.54, 1.807) is 6.92 Å². The molecule has 4 aromatic rings. The number of carboxylic acid groups (broad SMARTS) is 1. The Balaban J connectivity index is 1.45. The lowest BCUT2D eigenvalue weighted by molar-refractivity contribution is -0.137. The van der Waals surface area contributed by atoms with Crippen LogP contribution in [0.5, 0.6) is 5.75 Å². The fraction of sp³-hybridized carbons (Fsp3) is 0.185. The molecule has 0 bridgehead atoms. The number of carboxylic acids is 1. The number of hydrogen-bond donors (Lipinski definition) is 1. The molecule has 1 N–H and O–H groups in total. The van der Waals surface area contributed by atoms with Gasteiger partial charge in [0.25, 0.3) is 0 Å². The second-order valence-electron chi connectivity index (χ2n) is 7.55. The van der Waals surface area contributed by atoms with Gasteiger partial charge in [0.15, 0.2) is 0 Å². The third kappa shape index (κ3) is 5.16. The summed E-state index contributed by atoms with van der Waals surface area (Å²) in [6, 6.07) is 23.8. The largest absolute Gasteiger partial charge is 0.487 e. The molecular formula is C27H24N2O3. The summed E-state index contributed by atoms with van der Waals surface area (Å²) >= 11 is 0. The fourth-order valence-electron chi connectivity index (χ4n) is 3.64. The van der Waals surface area contributed by atoms with Crippen LogP contribution in [0.15, 0.2) is 79.0 Å². The van der Waals surface area contributed by atoms with Crippen LogP contribution >= 0.6 is 0 Å². The van der Waals surface area contributed by atoms with Crippen molar-refractivity contribution in [1.82, 2.24) is 9.55 Å². The molecule has 2 aromatic carbocycles. The maximum Gasteiger partial charge on any atom is 0.304 e. The van der Waals surface area contributed by atoms with Crippen LogP contribution in [0.1, 0.15) is 36.1 Å². The highest BCUT2D eigenvalue weighted by atomic mass is 16.5. The maximum absolute atomic E-state index is 11.1. The van der Waals surface area contributed by atoms with Gasteiger partial charge < -0.3 is 14.4 Å². The van der Waals surface area contributed by atoms with Gasteiger partial charge >= 0.3 is 5.97 Å². The summed E-state index contributed by atoms with van der Waals surface area (Å²) in [6.07, 6.45) is 2.04. The van der Waals surface area contributed by atoms with Gasteiger partial charge in [-0.1, -0.05) is 48.4 Å². The second kappa shape index (κ2) is 9.84. The molecule has 1 atom stereocenters. The predicted octanol–water partition coefficient (Wildman–Crippen LogP) is 5.25. The van der Waals surface area contributed by atoms with Gasteiger partial charge in [-0.25, -0.2) is 4.98 Å². The van der Waals surface area contributed by atoms with Crippen LogP contribution in [-0.2, 0) is 17.9 Å². The summed E-state index contributed by atoms with van der Waals surface area (Å²) in [6.45, 7) is 2.83. The third-order valence-corrected chi connectivity index (χ3v) is 5.23. The van der Waals surface area contributed by atoms with Gasteiger partial charge in [-0.3, -0.25) is 4.79 Å². The highest BCUT2D eigenvalue weighted by Crippen LogP contribution is 2.23. The van der Waals surface area contributed by atoms with Crippen molar-refractivity contribution >= 4 is 17.0 Å². The third-order valence-electron chi connectivity index (χ3n) is 5.23. The van der Waals surface area contributed by atoms with E-state index in [1.807, 2.05) is 48.5 Å². The van der Waals surface area contributed by atoms with Gasteiger partial charge in [0, 0.05) is 18.1 Å². The van der Waals surface area contributed by atoms with E-state index >= 15 is 0 Å². The molecule has 0 saturated heterocycles. The molecule has 2 heterocycles. The molecule has 0 aliphatic carbocycles. The molecule has 0 amide bonds. The quantitative estimate of drug-likeness (QED) is 0.393. The molecule has 5 heteroatoms. The lowest BCUT2D eigenvalue weighted by Gasteiger charge is -2.11. The Morgan fingerprint density at radius 2 is 1.84 bits per heavy atom. The minimum atomic E-state index is -0.864. The van der Waals surface area contributed by atoms with Crippen LogP contribution in [0.25, 0.3) is 11.0 Å². The summed E-state index contributed by atoms with van der Waals surface area (Å²) in [4.78, 5) is 15.9. The molecule has 0 spiro atoms. The fourth-order valence-corrected chi connectivity index (χ4v) is 3.64. The molecule has 0 aliphatic rings. The monoisotopic (exact) mass is 424 g/mol. The Morgan fingerprint density at radius 3 is 2.56 bits per heavy atom. The summed E-state index contributed by atoms with van der Waals surface area (Å²) in [5, 5.41) is 10.2. The Morgan fingerprint density at radius 1 is 1.06 bits per heavy atom. The molecule has 0 radical (unpaired) electrons. The first-order valence-electron chi connectivity index (χ1n) is 10.5. The van der Waals surface area contributed by atoms with E-state index in [9.17, 15) is 4.79 Å². The molecular weight excluding hydrogens is 400 g/mol. The molecule has 0 fully saturated rings. The van der Waals surface area contributed by atoms with Crippen LogP contribution in [-0.4, -0.2) is 20.6 Å². The zero-order chi connectivity index (χ0) is 22.3. The molecule has 0 saturated carbocycles. The van der Waals surface area contributed by atoms with Crippen molar-refractivity contribution in [2.45, 2.75) is 32.4 Å². The van der Waals surface area contributed by atoms with Crippen molar-refractivity contribution in [1.29, 1.82) is 0 Å². The summed E-state index contributed by atoms with van der Waals surface area (Å²) in [5.41, 5.74) is 3.87. The van der Waals surface area contributed by atoms with Crippen LogP contribution in [0.2, 0.25) is 0 Å². The zero-order valence-electron chi connectivity index (χ0n) is 17.9. The molecule has 0 aliphatic heterocycles. The average molecular weight is 425 g/mol. The van der Waals surface area contributed by atoms with Crippen molar-refractivity contribution in [2.24, 2.45) is 0 Å². The maximum atomic E-state index is 11.1. The van der Waals surface area contributed by atoms with Gasteiger partial charge in [0.05, 0.1) is 18.0 Å². The van der Waals surface area contributed by atoms with Crippen molar-refractivity contribution in [3.05, 3.63) is 95.8 Å². The SMILES string of the molecule is CC#C[C@@H](CC(=O)O)c1ccc(OCc2ccc3ccn(Cc4ccccc4)c3n2)cc1. The average Bonchev–Trinajstić information content (AvgIpc) is 3.20. The summed E-state index contributed by atoms with van der Waals surface area (Å²) in [7, 11) is 0. The Labute approximate surface area is 187 Å². The van der Waals surface area contributed by atoms with E-state index < -0.39 is 5.97 Å². The topological polar surface area (TPSA) is 64.3 Å². The number of benzene rings is 2. The number of aromatic nitrogens is 2. The summed E-state index contributed by atoms with van der Waals surface area (Å²) in [5.74, 6) is 5.28. The number of aliphatic carboxylic acids is 1. The molecule has 5 nitrogen and oxygen atoms in total. The Bertz CT molecular complexity index is 1270. The van der Waals surface area contributed by atoms with Crippen LogP contribution in [0.4, 0.5) is 0 Å². The van der Waals surface area contributed by atoms with E-state index in [4.69, 9.17) is 14.8 Å². The smallest absolute Gasteiger partial charge is 0.304 e. The molecule has 2 aromatic heterocycles. The first kappa shape index (κ1) is 21.2. The minimum absolute atomic E-state index is 0.0202. The summed E-state index contributed by atoms with van der Waals surface area (Å²) < 4.78 is 8.07. The molecule has 0 unspecified atom stereocenters. The number of ether oxygens (including phenoxy) is 1. The minimum Gasteiger partial charge on any atom is -0.487 e. The normalized spacial score (nSPS) is 11.5. The zero-order valence-corrected chi connectivity index (χ0v) is 17.9. The first-order valence-corrected chi connectivity index (χ1v) is 10.5. The predicted molar refractivity (Wildman–Crippen MR) is 124 cm³/mol. The number of pyridine rings is 1. The molecule has 4 rings (SSSR count).